The molecule has 2 aromatic heterocycles. The predicted octanol–water partition coefficient (Wildman–Crippen LogP) is 3.87. The van der Waals surface area contributed by atoms with E-state index in [4.69, 9.17) is 16.3 Å². The van der Waals surface area contributed by atoms with E-state index in [1.54, 1.807) is 6.20 Å². The van der Waals surface area contributed by atoms with Crippen LogP contribution in [0.25, 0.3) is 0 Å². The maximum absolute atomic E-state index is 5.84. The third-order valence-electron chi connectivity index (χ3n) is 2.36. The van der Waals surface area contributed by atoms with Crippen LogP contribution in [-0.2, 0) is 12.5 Å². The summed E-state index contributed by atoms with van der Waals surface area (Å²) in [6.07, 6.45) is 1.74. The number of pyridine rings is 2. The number of alkyl halides is 1. The van der Waals surface area contributed by atoms with E-state index in [-0.39, 0.29) is 0 Å². The first-order chi connectivity index (χ1) is 8.69. The van der Waals surface area contributed by atoms with Gasteiger partial charge in [0.15, 0.2) is 0 Å². The van der Waals surface area contributed by atoms with Gasteiger partial charge in [0.1, 0.15) is 12.4 Å². The molecule has 2 aromatic rings. The monoisotopic (exact) mass is 326 g/mol. The summed E-state index contributed by atoms with van der Waals surface area (Å²) in [4.78, 5) is 8.57. The van der Waals surface area contributed by atoms with E-state index in [1.165, 1.54) is 0 Å². The quantitative estimate of drug-likeness (QED) is 0.800. The van der Waals surface area contributed by atoms with Crippen molar-refractivity contribution in [1.29, 1.82) is 0 Å². The van der Waals surface area contributed by atoms with Crippen molar-refractivity contribution in [2.45, 2.75) is 19.4 Å². The molecule has 0 bridgehead atoms. The zero-order valence-electron chi connectivity index (χ0n) is 9.86. The van der Waals surface area contributed by atoms with E-state index >= 15 is 0 Å². The summed E-state index contributed by atoms with van der Waals surface area (Å²) in [7, 11) is 0. The maximum atomic E-state index is 5.84. The molecule has 0 atom stereocenters. The Balaban J connectivity index is 2.08. The van der Waals surface area contributed by atoms with Crippen molar-refractivity contribution in [2.24, 2.45) is 0 Å². The SMILES string of the molecule is Cc1ccc(OCc2ccc(Br)cn2)c(CCl)n1. The molecule has 5 heteroatoms. The summed E-state index contributed by atoms with van der Waals surface area (Å²) < 4.78 is 6.63. The smallest absolute Gasteiger partial charge is 0.142 e. The number of rotatable bonds is 4. The molecule has 0 saturated heterocycles. The molecule has 0 aliphatic rings. The van der Waals surface area contributed by atoms with Gasteiger partial charge in [0.2, 0.25) is 0 Å². The third kappa shape index (κ3) is 3.43. The highest BCUT2D eigenvalue weighted by atomic mass is 79.9. The Kier molecular flexibility index (Phi) is 4.55. The zero-order chi connectivity index (χ0) is 13.0. The first kappa shape index (κ1) is 13.3. The lowest BCUT2D eigenvalue weighted by molar-refractivity contribution is 0.297. The second-order valence-corrected chi connectivity index (χ2v) is 4.97. The third-order valence-corrected chi connectivity index (χ3v) is 3.08. The first-order valence-electron chi connectivity index (χ1n) is 5.45. The minimum Gasteiger partial charge on any atom is -0.485 e. The van der Waals surface area contributed by atoms with Gasteiger partial charge in [0.25, 0.3) is 0 Å². The van der Waals surface area contributed by atoms with Crippen molar-refractivity contribution in [1.82, 2.24) is 9.97 Å². The first-order valence-corrected chi connectivity index (χ1v) is 6.77. The van der Waals surface area contributed by atoms with Gasteiger partial charge in [-0.25, -0.2) is 0 Å². The van der Waals surface area contributed by atoms with Gasteiger partial charge in [-0.1, -0.05) is 0 Å². The average Bonchev–Trinajstić information content (AvgIpc) is 2.39. The molecule has 18 heavy (non-hydrogen) atoms. The predicted molar refractivity (Wildman–Crippen MR) is 74.8 cm³/mol. The van der Waals surface area contributed by atoms with Crippen LogP contribution in [0, 0.1) is 6.92 Å². The number of halogens is 2. The minimum absolute atomic E-state index is 0.338. The molecule has 3 nitrogen and oxygen atoms in total. The van der Waals surface area contributed by atoms with Crippen LogP contribution in [0.2, 0.25) is 0 Å². The molecule has 94 valence electrons. The van der Waals surface area contributed by atoms with E-state index in [1.807, 2.05) is 31.2 Å². The molecule has 0 unspecified atom stereocenters. The fourth-order valence-corrected chi connectivity index (χ4v) is 1.89. The Hall–Kier alpha value is -1.13. The van der Waals surface area contributed by atoms with Gasteiger partial charge >= 0.3 is 0 Å². The summed E-state index contributed by atoms with van der Waals surface area (Å²) in [6, 6.07) is 7.63. The van der Waals surface area contributed by atoms with E-state index in [0.29, 0.717) is 18.2 Å². The van der Waals surface area contributed by atoms with E-state index in [2.05, 4.69) is 25.9 Å². The van der Waals surface area contributed by atoms with Gasteiger partial charge in [-0.2, -0.15) is 0 Å². The molecule has 0 aromatic carbocycles. The van der Waals surface area contributed by atoms with Gasteiger partial charge in [-0.3, -0.25) is 9.97 Å². The summed E-state index contributed by atoms with van der Waals surface area (Å²) in [5.41, 5.74) is 2.55. The number of aryl methyl sites for hydroxylation is 1. The molecule has 0 amide bonds. The molecule has 2 heterocycles. The summed E-state index contributed by atoms with van der Waals surface area (Å²) in [5, 5.41) is 0. The van der Waals surface area contributed by atoms with Crippen LogP contribution in [0.3, 0.4) is 0 Å². The molecule has 0 radical (unpaired) electrons. The van der Waals surface area contributed by atoms with Crippen molar-refractivity contribution in [3.05, 3.63) is 52.0 Å². The zero-order valence-corrected chi connectivity index (χ0v) is 12.2. The summed E-state index contributed by atoms with van der Waals surface area (Å²) in [6.45, 7) is 2.33. The molecule has 0 saturated carbocycles. The van der Waals surface area contributed by atoms with E-state index in [0.717, 1.165) is 21.6 Å². The standard InChI is InChI=1S/C13H12BrClN2O/c1-9-2-5-13(12(6-15)17-9)18-8-11-4-3-10(14)7-16-11/h2-5,7H,6,8H2,1H3. The average molecular weight is 328 g/mol. The van der Waals surface area contributed by atoms with Gasteiger partial charge in [0, 0.05) is 16.4 Å². The van der Waals surface area contributed by atoms with Crippen LogP contribution < -0.4 is 4.74 Å². The second kappa shape index (κ2) is 6.16. The molecule has 0 aliphatic carbocycles. The summed E-state index contributed by atoms with van der Waals surface area (Å²) in [5.74, 6) is 1.05. The van der Waals surface area contributed by atoms with Crippen LogP contribution >= 0.6 is 27.5 Å². The van der Waals surface area contributed by atoms with Gasteiger partial charge in [-0.15, -0.1) is 11.6 Å². The number of hydrogen-bond donors (Lipinski definition) is 0. The highest BCUT2D eigenvalue weighted by Gasteiger charge is 2.05. The lowest BCUT2D eigenvalue weighted by Crippen LogP contribution is -2.01. The summed E-state index contributed by atoms with van der Waals surface area (Å²) >= 11 is 9.18. The Morgan fingerprint density at radius 2 is 2.11 bits per heavy atom. The molecule has 2 rings (SSSR count). The van der Waals surface area contributed by atoms with Crippen LogP contribution in [0.15, 0.2) is 34.9 Å². The highest BCUT2D eigenvalue weighted by Crippen LogP contribution is 2.20. The number of hydrogen-bond acceptors (Lipinski definition) is 3. The molecule has 0 aliphatic heterocycles. The Labute approximate surface area is 119 Å². The largest absolute Gasteiger partial charge is 0.485 e. The van der Waals surface area contributed by atoms with E-state index < -0.39 is 0 Å². The highest BCUT2D eigenvalue weighted by molar-refractivity contribution is 9.10. The van der Waals surface area contributed by atoms with Crippen molar-refractivity contribution < 1.29 is 4.74 Å². The Morgan fingerprint density at radius 3 is 2.78 bits per heavy atom. The van der Waals surface area contributed by atoms with Crippen molar-refractivity contribution in [3.8, 4) is 5.75 Å². The fraction of sp³-hybridized carbons (Fsp3) is 0.231. The van der Waals surface area contributed by atoms with Crippen LogP contribution in [0.1, 0.15) is 17.1 Å². The molecular weight excluding hydrogens is 316 g/mol. The van der Waals surface area contributed by atoms with Gasteiger partial charge in [0.05, 0.1) is 17.3 Å². The molecule has 0 fully saturated rings. The minimum atomic E-state index is 0.338. The molecule has 0 spiro atoms. The topological polar surface area (TPSA) is 35.0 Å². The van der Waals surface area contributed by atoms with E-state index in [9.17, 15) is 0 Å². The number of ether oxygens (including phenoxy) is 1. The Bertz CT molecular complexity index is 531. The van der Waals surface area contributed by atoms with Crippen molar-refractivity contribution >= 4 is 27.5 Å². The van der Waals surface area contributed by atoms with Crippen LogP contribution in [-0.4, -0.2) is 9.97 Å². The van der Waals surface area contributed by atoms with Crippen LogP contribution in [0.5, 0.6) is 5.75 Å². The van der Waals surface area contributed by atoms with Crippen molar-refractivity contribution in [3.63, 3.8) is 0 Å². The lowest BCUT2D eigenvalue weighted by Gasteiger charge is -2.09. The molecule has 0 N–H and O–H groups in total. The van der Waals surface area contributed by atoms with Gasteiger partial charge < -0.3 is 4.74 Å². The Morgan fingerprint density at radius 1 is 1.28 bits per heavy atom. The van der Waals surface area contributed by atoms with Crippen molar-refractivity contribution in [2.75, 3.05) is 0 Å². The second-order valence-electron chi connectivity index (χ2n) is 3.79. The van der Waals surface area contributed by atoms with Gasteiger partial charge in [-0.05, 0) is 47.1 Å². The fourth-order valence-electron chi connectivity index (χ4n) is 1.47. The normalized spacial score (nSPS) is 10.4. The number of nitrogens with zero attached hydrogens (tertiary/aromatic N) is 2. The molecular formula is C13H12BrClN2O. The lowest BCUT2D eigenvalue weighted by atomic mass is 10.3. The number of aromatic nitrogens is 2. The maximum Gasteiger partial charge on any atom is 0.142 e. The van der Waals surface area contributed by atoms with Crippen LogP contribution in [0.4, 0.5) is 0 Å².